The second-order valence-electron chi connectivity index (χ2n) is 3.30. The Morgan fingerprint density at radius 2 is 2.00 bits per heavy atom. The van der Waals surface area contributed by atoms with E-state index < -0.39 is 11.6 Å². The molecular formula is C9H12LiNO3. The molecule has 0 fully saturated rings. The van der Waals surface area contributed by atoms with Crippen LogP contribution >= 0.6 is 0 Å². The number of hydrogen-bond donors (Lipinski definition) is 2. The molecule has 0 aliphatic rings. The van der Waals surface area contributed by atoms with E-state index in [1.54, 1.807) is 13.8 Å². The van der Waals surface area contributed by atoms with Gasteiger partial charge in [0.2, 0.25) is 0 Å². The third kappa shape index (κ3) is 3.15. The first-order valence-electron chi connectivity index (χ1n) is 3.83. The van der Waals surface area contributed by atoms with E-state index in [9.17, 15) is 9.90 Å². The monoisotopic (exact) mass is 189 g/mol. The number of aromatic carboxylic acids is 1. The molecule has 0 saturated heterocycles. The molecule has 1 aromatic heterocycles. The van der Waals surface area contributed by atoms with E-state index >= 15 is 0 Å². The fourth-order valence-electron chi connectivity index (χ4n) is 0.882. The van der Waals surface area contributed by atoms with Crippen molar-refractivity contribution in [1.82, 2.24) is 4.98 Å². The van der Waals surface area contributed by atoms with Crippen molar-refractivity contribution in [3.63, 3.8) is 0 Å². The van der Waals surface area contributed by atoms with Crippen LogP contribution in [0, 0.1) is 0 Å². The minimum atomic E-state index is -1.03. The number of pyridine rings is 1. The molecule has 0 spiro atoms. The molecule has 0 radical (unpaired) electrons. The SMILES string of the molecule is CC(C)(O)c1ccc(C(=O)O)cn1.[LiH]. The summed E-state index contributed by atoms with van der Waals surface area (Å²) in [7, 11) is 0. The molecule has 0 saturated carbocycles. The average molecular weight is 189 g/mol. The molecule has 2 N–H and O–H groups in total. The van der Waals surface area contributed by atoms with Crippen LogP contribution in [0.2, 0.25) is 0 Å². The van der Waals surface area contributed by atoms with E-state index in [1.165, 1.54) is 18.3 Å². The molecule has 5 heteroatoms. The van der Waals surface area contributed by atoms with Crippen molar-refractivity contribution in [2.24, 2.45) is 0 Å². The molecule has 0 aromatic carbocycles. The molecule has 1 rings (SSSR count). The van der Waals surface area contributed by atoms with Gasteiger partial charge in [0.1, 0.15) is 5.60 Å². The van der Waals surface area contributed by atoms with Crippen LogP contribution in [0.1, 0.15) is 29.9 Å². The Hall–Kier alpha value is -0.823. The Bertz CT molecular complexity index is 316. The summed E-state index contributed by atoms with van der Waals surface area (Å²) in [5.41, 5.74) is -0.456. The molecule has 4 nitrogen and oxygen atoms in total. The van der Waals surface area contributed by atoms with Gasteiger partial charge in [0.25, 0.3) is 0 Å². The molecule has 72 valence electrons. The third-order valence-electron chi connectivity index (χ3n) is 1.64. The van der Waals surface area contributed by atoms with Crippen LogP contribution in [0.15, 0.2) is 18.3 Å². The molecular weight excluding hydrogens is 177 g/mol. The van der Waals surface area contributed by atoms with Crippen LogP contribution in [-0.2, 0) is 5.60 Å². The number of aliphatic hydroxyl groups is 1. The number of carboxylic acids is 1. The van der Waals surface area contributed by atoms with Crippen molar-refractivity contribution in [1.29, 1.82) is 0 Å². The van der Waals surface area contributed by atoms with E-state index in [1.807, 2.05) is 0 Å². The fourth-order valence-corrected chi connectivity index (χ4v) is 0.882. The summed E-state index contributed by atoms with van der Waals surface area (Å²) in [5, 5.41) is 18.1. The molecule has 0 aliphatic heterocycles. The van der Waals surface area contributed by atoms with Crippen molar-refractivity contribution in [3.05, 3.63) is 29.6 Å². The molecule has 0 atom stereocenters. The number of carboxylic acid groups (broad SMARTS) is 1. The van der Waals surface area contributed by atoms with Gasteiger partial charge < -0.3 is 10.2 Å². The quantitative estimate of drug-likeness (QED) is 0.659. The maximum absolute atomic E-state index is 10.5. The van der Waals surface area contributed by atoms with Crippen molar-refractivity contribution in [2.45, 2.75) is 19.4 Å². The van der Waals surface area contributed by atoms with E-state index in [2.05, 4.69) is 4.98 Å². The molecule has 0 unspecified atom stereocenters. The van der Waals surface area contributed by atoms with Gasteiger partial charge in [-0.05, 0) is 26.0 Å². The Labute approximate surface area is 94.2 Å². The van der Waals surface area contributed by atoms with E-state index in [0.29, 0.717) is 5.69 Å². The Balaban J connectivity index is 0.00000169. The zero-order valence-electron chi connectivity index (χ0n) is 7.48. The summed E-state index contributed by atoms with van der Waals surface area (Å²) in [4.78, 5) is 14.3. The minimum absolute atomic E-state index is 0. The summed E-state index contributed by atoms with van der Waals surface area (Å²) in [6.45, 7) is 3.19. The first-order chi connectivity index (χ1) is 5.91. The Morgan fingerprint density at radius 3 is 2.29 bits per heavy atom. The standard InChI is InChI=1S/C9H11NO3.Li.H/c1-9(2,13)7-4-3-6(5-10-7)8(11)12;;/h3-5,13H,1-2H3,(H,11,12);;. The normalized spacial score (nSPS) is 10.5. The molecule has 0 amide bonds. The van der Waals surface area contributed by atoms with Crippen LogP contribution in [-0.4, -0.2) is 40.0 Å². The number of hydrogen-bond acceptors (Lipinski definition) is 3. The van der Waals surface area contributed by atoms with Gasteiger partial charge in [-0.1, -0.05) is 0 Å². The van der Waals surface area contributed by atoms with Gasteiger partial charge in [0.05, 0.1) is 11.3 Å². The van der Waals surface area contributed by atoms with E-state index in [0.717, 1.165) is 0 Å². The number of rotatable bonds is 2. The zero-order chi connectivity index (χ0) is 10.1. The molecule has 1 aromatic rings. The van der Waals surface area contributed by atoms with Gasteiger partial charge in [-0.3, -0.25) is 4.98 Å². The zero-order valence-corrected chi connectivity index (χ0v) is 7.48. The molecule has 14 heavy (non-hydrogen) atoms. The van der Waals surface area contributed by atoms with E-state index in [4.69, 9.17) is 5.11 Å². The molecule has 0 bridgehead atoms. The van der Waals surface area contributed by atoms with Gasteiger partial charge >= 0.3 is 24.8 Å². The summed E-state index contributed by atoms with van der Waals surface area (Å²) in [6, 6.07) is 2.92. The molecule has 0 aliphatic carbocycles. The average Bonchev–Trinajstić information content (AvgIpc) is 2.03. The second kappa shape index (κ2) is 4.60. The summed E-state index contributed by atoms with van der Waals surface area (Å²) in [5.74, 6) is -1.02. The summed E-state index contributed by atoms with van der Waals surface area (Å²) < 4.78 is 0. The first-order valence-corrected chi connectivity index (χ1v) is 3.83. The fraction of sp³-hybridized carbons (Fsp3) is 0.333. The van der Waals surface area contributed by atoms with Gasteiger partial charge in [-0.15, -0.1) is 0 Å². The molecule has 1 heterocycles. The van der Waals surface area contributed by atoms with Crippen LogP contribution in [0.3, 0.4) is 0 Å². The number of carbonyl (C=O) groups is 1. The van der Waals surface area contributed by atoms with Crippen LogP contribution in [0.5, 0.6) is 0 Å². The van der Waals surface area contributed by atoms with E-state index in [-0.39, 0.29) is 24.4 Å². The second-order valence-corrected chi connectivity index (χ2v) is 3.30. The van der Waals surface area contributed by atoms with Crippen LogP contribution in [0.25, 0.3) is 0 Å². The van der Waals surface area contributed by atoms with Crippen molar-refractivity contribution < 1.29 is 15.0 Å². The van der Waals surface area contributed by atoms with Crippen LogP contribution in [0.4, 0.5) is 0 Å². The summed E-state index contributed by atoms with van der Waals surface area (Å²) >= 11 is 0. The first kappa shape index (κ1) is 13.2. The predicted molar refractivity (Wildman–Crippen MR) is 53.6 cm³/mol. The third-order valence-corrected chi connectivity index (χ3v) is 1.64. The van der Waals surface area contributed by atoms with Crippen LogP contribution < -0.4 is 0 Å². The van der Waals surface area contributed by atoms with Crippen molar-refractivity contribution >= 4 is 24.8 Å². The topological polar surface area (TPSA) is 70.4 Å². The van der Waals surface area contributed by atoms with Crippen molar-refractivity contribution in [3.8, 4) is 0 Å². The summed E-state index contributed by atoms with van der Waals surface area (Å²) in [6.07, 6.45) is 1.23. The number of nitrogens with zero attached hydrogens (tertiary/aromatic N) is 1. The maximum atomic E-state index is 10.5. The Kier molecular flexibility index (Phi) is 4.33. The van der Waals surface area contributed by atoms with Gasteiger partial charge in [-0.25, -0.2) is 4.79 Å². The van der Waals surface area contributed by atoms with Gasteiger partial charge in [0.15, 0.2) is 0 Å². The van der Waals surface area contributed by atoms with Gasteiger partial charge in [-0.2, -0.15) is 0 Å². The predicted octanol–water partition coefficient (Wildman–Crippen LogP) is 0.359. The Morgan fingerprint density at radius 1 is 1.43 bits per heavy atom. The number of aromatic nitrogens is 1. The van der Waals surface area contributed by atoms with Gasteiger partial charge in [0, 0.05) is 6.20 Å². The van der Waals surface area contributed by atoms with Crippen molar-refractivity contribution in [2.75, 3.05) is 0 Å².